The molecule has 0 unspecified atom stereocenters. The van der Waals surface area contributed by atoms with E-state index < -0.39 is 11.5 Å². The first-order valence-electron chi connectivity index (χ1n) is 8.71. The molecule has 0 radical (unpaired) electrons. The number of carbonyl (C=O) groups is 2. The Balaban J connectivity index is 1.77. The van der Waals surface area contributed by atoms with Crippen molar-refractivity contribution in [2.75, 3.05) is 17.2 Å². The molecule has 1 aromatic heterocycles. The first kappa shape index (κ1) is 19.8. The van der Waals surface area contributed by atoms with Crippen molar-refractivity contribution in [3.05, 3.63) is 53.8 Å². The van der Waals surface area contributed by atoms with Gasteiger partial charge in [-0.2, -0.15) is 0 Å². The van der Waals surface area contributed by atoms with Gasteiger partial charge in [-0.05, 0) is 56.7 Å². The maximum absolute atomic E-state index is 13.2. The third-order valence-electron chi connectivity index (χ3n) is 4.26. The summed E-state index contributed by atoms with van der Waals surface area (Å²) in [6.07, 6.45) is -0.559. The fourth-order valence-corrected chi connectivity index (χ4v) is 3.49. The van der Waals surface area contributed by atoms with Crippen LogP contribution in [0.3, 0.4) is 0 Å². The summed E-state index contributed by atoms with van der Waals surface area (Å²) in [4.78, 5) is 28.6. The van der Waals surface area contributed by atoms with Crippen LogP contribution in [0.1, 0.15) is 26.3 Å². The van der Waals surface area contributed by atoms with Crippen LogP contribution < -0.4 is 10.6 Å². The van der Waals surface area contributed by atoms with Gasteiger partial charge in [0.05, 0.1) is 22.2 Å². The van der Waals surface area contributed by atoms with Crippen LogP contribution in [0.5, 0.6) is 0 Å². The SMILES string of the molecule is CCOC(=O)Nc1nc2ccc(NC(=O)C(C)(C)c3ccc(F)cc3)cc2s1. The predicted octanol–water partition coefficient (Wildman–Crippen LogP) is 4.92. The van der Waals surface area contributed by atoms with Crippen LogP contribution in [-0.4, -0.2) is 23.6 Å². The average Bonchev–Trinajstić information content (AvgIpc) is 3.03. The maximum atomic E-state index is 13.2. The van der Waals surface area contributed by atoms with Crippen LogP contribution in [0.4, 0.5) is 20.0 Å². The van der Waals surface area contributed by atoms with E-state index in [0.29, 0.717) is 21.9 Å². The highest BCUT2D eigenvalue weighted by Gasteiger charge is 2.30. The standard InChI is InChI=1S/C20H20FN3O3S/c1-4-27-19(26)24-18-23-15-10-9-14(11-16(15)28-18)22-17(25)20(2,3)12-5-7-13(21)8-6-12/h5-11H,4H2,1-3H3,(H,22,25)(H,23,24,26). The van der Waals surface area contributed by atoms with Crippen LogP contribution in [-0.2, 0) is 14.9 Å². The first-order chi connectivity index (χ1) is 13.3. The molecule has 0 aliphatic rings. The van der Waals surface area contributed by atoms with Crippen LogP contribution >= 0.6 is 11.3 Å². The molecular weight excluding hydrogens is 381 g/mol. The summed E-state index contributed by atoms with van der Waals surface area (Å²) in [7, 11) is 0. The minimum atomic E-state index is -0.840. The van der Waals surface area contributed by atoms with E-state index in [1.165, 1.54) is 23.5 Å². The Morgan fingerprint density at radius 3 is 2.54 bits per heavy atom. The zero-order chi connectivity index (χ0) is 20.3. The molecule has 0 atom stereocenters. The first-order valence-corrected chi connectivity index (χ1v) is 9.53. The molecule has 146 valence electrons. The van der Waals surface area contributed by atoms with Crippen molar-refractivity contribution in [3.63, 3.8) is 0 Å². The number of hydrogen-bond acceptors (Lipinski definition) is 5. The summed E-state index contributed by atoms with van der Waals surface area (Å²) in [5.74, 6) is -0.560. The van der Waals surface area contributed by atoms with Crippen molar-refractivity contribution in [1.82, 2.24) is 4.98 Å². The molecule has 0 aliphatic heterocycles. The van der Waals surface area contributed by atoms with E-state index in [1.54, 1.807) is 51.1 Å². The Hall–Kier alpha value is -3.00. The van der Waals surface area contributed by atoms with Crippen molar-refractivity contribution in [1.29, 1.82) is 0 Å². The van der Waals surface area contributed by atoms with E-state index >= 15 is 0 Å². The molecule has 0 fully saturated rings. The zero-order valence-corrected chi connectivity index (χ0v) is 16.5. The summed E-state index contributed by atoms with van der Waals surface area (Å²) < 4.78 is 18.8. The fraction of sp³-hybridized carbons (Fsp3) is 0.250. The summed E-state index contributed by atoms with van der Waals surface area (Å²) in [5, 5.41) is 5.88. The molecule has 2 N–H and O–H groups in total. The Bertz CT molecular complexity index is 1020. The third-order valence-corrected chi connectivity index (χ3v) is 5.20. The van der Waals surface area contributed by atoms with Gasteiger partial charge in [0.1, 0.15) is 5.82 Å². The van der Waals surface area contributed by atoms with Gasteiger partial charge in [-0.25, -0.2) is 14.2 Å². The van der Waals surface area contributed by atoms with Gasteiger partial charge in [0.25, 0.3) is 0 Å². The molecular formula is C20H20FN3O3S. The second-order valence-corrected chi connectivity index (χ2v) is 7.66. The average molecular weight is 401 g/mol. The highest BCUT2D eigenvalue weighted by atomic mass is 32.1. The molecule has 0 spiro atoms. The number of benzene rings is 2. The third kappa shape index (κ3) is 4.28. The molecule has 2 aromatic carbocycles. The summed E-state index contributed by atoms with van der Waals surface area (Å²) in [6, 6.07) is 11.2. The van der Waals surface area contributed by atoms with Gasteiger partial charge in [-0.15, -0.1) is 0 Å². The monoisotopic (exact) mass is 401 g/mol. The highest BCUT2D eigenvalue weighted by molar-refractivity contribution is 7.22. The van der Waals surface area contributed by atoms with Crippen LogP contribution in [0.15, 0.2) is 42.5 Å². The van der Waals surface area contributed by atoms with E-state index in [4.69, 9.17) is 4.74 Å². The highest BCUT2D eigenvalue weighted by Crippen LogP contribution is 2.30. The van der Waals surface area contributed by atoms with Gasteiger partial charge in [0.15, 0.2) is 5.13 Å². The normalized spacial score (nSPS) is 11.3. The number of fused-ring (bicyclic) bond motifs is 1. The smallest absolute Gasteiger partial charge is 0.413 e. The molecule has 0 saturated carbocycles. The number of ether oxygens (including phenoxy) is 1. The number of nitrogens with one attached hydrogen (secondary N) is 2. The Morgan fingerprint density at radius 1 is 1.14 bits per heavy atom. The summed E-state index contributed by atoms with van der Waals surface area (Å²) >= 11 is 1.28. The lowest BCUT2D eigenvalue weighted by Gasteiger charge is -2.24. The maximum Gasteiger partial charge on any atom is 0.413 e. The van der Waals surface area contributed by atoms with E-state index in [-0.39, 0.29) is 18.3 Å². The fourth-order valence-electron chi connectivity index (χ4n) is 2.60. The summed E-state index contributed by atoms with van der Waals surface area (Å²) in [6.45, 7) is 5.56. The molecule has 2 amide bonds. The number of carbonyl (C=O) groups excluding carboxylic acids is 2. The number of aromatic nitrogens is 1. The van der Waals surface area contributed by atoms with Gasteiger partial charge in [0.2, 0.25) is 5.91 Å². The van der Waals surface area contributed by atoms with E-state index in [9.17, 15) is 14.0 Å². The largest absolute Gasteiger partial charge is 0.450 e. The van der Waals surface area contributed by atoms with Gasteiger partial charge in [-0.3, -0.25) is 10.1 Å². The quantitative estimate of drug-likeness (QED) is 0.636. The lowest BCUT2D eigenvalue weighted by atomic mass is 9.83. The van der Waals surface area contributed by atoms with E-state index in [1.807, 2.05) is 0 Å². The van der Waals surface area contributed by atoms with Gasteiger partial charge in [0, 0.05) is 5.69 Å². The van der Waals surface area contributed by atoms with E-state index in [2.05, 4.69) is 15.6 Å². The Labute approximate surface area is 165 Å². The molecule has 3 rings (SSSR count). The number of hydrogen-bond donors (Lipinski definition) is 2. The number of thiazole rings is 1. The van der Waals surface area contributed by atoms with Crippen molar-refractivity contribution >= 4 is 44.4 Å². The van der Waals surface area contributed by atoms with Crippen molar-refractivity contribution in [2.24, 2.45) is 0 Å². The molecule has 6 nitrogen and oxygen atoms in total. The lowest BCUT2D eigenvalue weighted by molar-refractivity contribution is -0.120. The van der Waals surface area contributed by atoms with Gasteiger partial charge >= 0.3 is 6.09 Å². The minimum absolute atomic E-state index is 0.215. The number of nitrogens with zero attached hydrogens (tertiary/aromatic N) is 1. The minimum Gasteiger partial charge on any atom is -0.450 e. The number of amides is 2. The molecule has 0 aliphatic carbocycles. The lowest BCUT2D eigenvalue weighted by Crippen LogP contribution is -2.34. The molecule has 1 heterocycles. The number of anilines is 2. The van der Waals surface area contributed by atoms with Crippen LogP contribution in [0.2, 0.25) is 0 Å². The molecule has 0 bridgehead atoms. The van der Waals surface area contributed by atoms with Crippen LogP contribution in [0.25, 0.3) is 10.2 Å². The Kier molecular flexibility index (Phi) is 5.60. The predicted molar refractivity (Wildman–Crippen MR) is 108 cm³/mol. The van der Waals surface area contributed by atoms with Crippen molar-refractivity contribution < 1.29 is 18.7 Å². The Morgan fingerprint density at radius 2 is 1.86 bits per heavy atom. The van der Waals surface area contributed by atoms with Gasteiger partial charge < -0.3 is 10.1 Å². The second-order valence-electron chi connectivity index (χ2n) is 6.63. The number of halogens is 1. The zero-order valence-electron chi connectivity index (χ0n) is 15.7. The molecule has 0 saturated heterocycles. The van der Waals surface area contributed by atoms with E-state index in [0.717, 1.165) is 4.70 Å². The summed E-state index contributed by atoms with van der Waals surface area (Å²) in [5.41, 5.74) is 1.19. The molecule has 3 aromatic rings. The van der Waals surface area contributed by atoms with Crippen LogP contribution in [0, 0.1) is 5.82 Å². The number of rotatable bonds is 5. The topological polar surface area (TPSA) is 80.3 Å². The molecule has 8 heteroatoms. The van der Waals surface area contributed by atoms with Crippen molar-refractivity contribution in [3.8, 4) is 0 Å². The second kappa shape index (κ2) is 7.93. The molecule has 28 heavy (non-hydrogen) atoms. The van der Waals surface area contributed by atoms with Gasteiger partial charge in [-0.1, -0.05) is 23.5 Å². The van der Waals surface area contributed by atoms with Crippen molar-refractivity contribution in [2.45, 2.75) is 26.2 Å².